The van der Waals surface area contributed by atoms with Crippen LogP contribution >= 0.6 is 11.3 Å². The zero-order valence-electron chi connectivity index (χ0n) is 22.7. The number of rotatable bonds is 8. The highest BCUT2D eigenvalue weighted by Gasteiger charge is 2.17. The van der Waals surface area contributed by atoms with Crippen LogP contribution in [0, 0.1) is 0 Å². The molecule has 0 saturated heterocycles. The quantitative estimate of drug-likeness (QED) is 0.208. The minimum absolute atomic E-state index is 0.252. The van der Waals surface area contributed by atoms with Crippen LogP contribution in [0.4, 0.5) is 5.13 Å². The summed E-state index contributed by atoms with van der Waals surface area (Å²) in [6, 6.07) is 27.6. The van der Waals surface area contributed by atoms with Crippen LogP contribution < -0.4 is 14.8 Å². The van der Waals surface area contributed by atoms with Gasteiger partial charge in [-0.3, -0.25) is 10.1 Å². The van der Waals surface area contributed by atoms with E-state index in [0.717, 1.165) is 32.8 Å². The summed E-state index contributed by atoms with van der Waals surface area (Å²) in [5.74, 6) is 0.323. The Morgan fingerprint density at radius 3 is 1.95 bits per heavy atom. The molecule has 10 heteroatoms. The van der Waals surface area contributed by atoms with Crippen LogP contribution in [-0.4, -0.2) is 47.7 Å². The monoisotopic (exact) mass is 576 g/mol. The molecular weight excluding hydrogens is 552 g/mol. The number of hydrogen-bond donors (Lipinski definition) is 1. The Morgan fingerprint density at radius 1 is 0.714 bits per heavy atom. The van der Waals surface area contributed by atoms with Gasteiger partial charge in [0, 0.05) is 11.1 Å². The normalized spacial score (nSPS) is 10.9. The first-order valence-electron chi connectivity index (χ1n) is 12.9. The largest absolute Gasteiger partial charge is 0.497 e. The van der Waals surface area contributed by atoms with Gasteiger partial charge in [0.1, 0.15) is 11.5 Å². The second kappa shape index (κ2) is 11.6. The molecule has 6 rings (SSSR count). The number of fused-ring (bicyclic) bond motifs is 2. The molecule has 1 amide bonds. The fourth-order valence-corrected chi connectivity index (χ4v) is 5.26. The van der Waals surface area contributed by atoms with Crippen LogP contribution in [0.3, 0.4) is 0 Å². The summed E-state index contributed by atoms with van der Waals surface area (Å²) in [7, 11) is 3.23. The lowest BCUT2D eigenvalue weighted by Crippen LogP contribution is -2.20. The molecule has 1 N–H and O–H groups in total. The summed E-state index contributed by atoms with van der Waals surface area (Å²) in [6.45, 7) is -0.452. The van der Waals surface area contributed by atoms with E-state index in [1.807, 2.05) is 72.8 Å². The Bertz CT molecular complexity index is 1890. The lowest BCUT2D eigenvalue weighted by molar-refractivity contribution is -0.119. The number of carbonyl (C=O) groups is 2. The Kier molecular flexibility index (Phi) is 7.44. The molecule has 4 aromatic carbocycles. The van der Waals surface area contributed by atoms with Crippen LogP contribution in [0.15, 0.2) is 91.0 Å². The summed E-state index contributed by atoms with van der Waals surface area (Å²) < 4.78 is 16.9. The van der Waals surface area contributed by atoms with Gasteiger partial charge < -0.3 is 14.2 Å². The number of anilines is 1. The minimum Gasteiger partial charge on any atom is -0.497 e. The van der Waals surface area contributed by atoms with E-state index in [1.165, 1.54) is 11.3 Å². The maximum atomic E-state index is 12.9. The van der Waals surface area contributed by atoms with Crippen LogP contribution in [0.25, 0.3) is 43.8 Å². The molecule has 42 heavy (non-hydrogen) atoms. The summed E-state index contributed by atoms with van der Waals surface area (Å²) in [6.07, 6.45) is 0. The third-order valence-corrected chi connectivity index (χ3v) is 7.45. The molecule has 0 radical (unpaired) electrons. The first-order chi connectivity index (χ1) is 20.5. The van der Waals surface area contributed by atoms with Gasteiger partial charge in [0.2, 0.25) is 0 Å². The number of carbonyl (C=O) groups excluding carboxylic acids is 2. The van der Waals surface area contributed by atoms with Crippen molar-refractivity contribution in [2.45, 2.75) is 0 Å². The first-order valence-corrected chi connectivity index (χ1v) is 13.8. The van der Waals surface area contributed by atoms with Gasteiger partial charge in [-0.2, -0.15) is 0 Å². The van der Waals surface area contributed by atoms with Crippen molar-refractivity contribution in [3.05, 3.63) is 96.6 Å². The molecule has 6 aromatic rings. The average Bonchev–Trinajstić information content (AvgIpc) is 3.45. The lowest BCUT2D eigenvalue weighted by Gasteiger charge is -2.12. The molecule has 2 heterocycles. The van der Waals surface area contributed by atoms with Crippen molar-refractivity contribution >= 4 is 49.6 Å². The number of aromatic nitrogens is 3. The highest BCUT2D eigenvalue weighted by atomic mass is 32.1. The molecule has 0 aliphatic rings. The van der Waals surface area contributed by atoms with Gasteiger partial charge >= 0.3 is 5.97 Å². The highest BCUT2D eigenvalue weighted by molar-refractivity contribution is 7.22. The molecule has 0 bridgehead atoms. The molecular formula is C32H24N4O5S. The predicted octanol–water partition coefficient (Wildman–Crippen LogP) is 6.39. The summed E-state index contributed by atoms with van der Waals surface area (Å²) in [5, 5.41) is 3.12. The van der Waals surface area contributed by atoms with E-state index >= 15 is 0 Å². The number of nitrogens with one attached hydrogen (secondary N) is 1. The fraction of sp³-hybridized carbons (Fsp3) is 0.0938. The molecule has 0 saturated carbocycles. The van der Waals surface area contributed by atoms with Gasteiger partial charge in [-0.1, -0.05) is 23.5 Å². The van der Waals surface area contributed by atoms with Crippen molar-refractivity contribution in [3.63, 3.8) is 0 Å². The van der Waals surface area contributed by atoms with E-state index in [4.69, 9.17) is 24.2 Å². The summed E-state index contributed by atoms with van der Waals surface area (Å²) in [4.78, 5) is 39.5. The van der Waals surface area contributed by atoms with E-state index in [9.17, 15) is 9.59 Å². The molecule has 0 aliphatic heterocycles. The third-order valence-electron chi connectivity index (χ3n) is 6.50. The Hall–Kier alpha value is -5.35. The Labute approximate surface area is 244 Å². The zero-order valence-corrected chi connectivity index (χ0v) is 23.5. The number of amides is 1. The molecule has 208 valence electrons. The van der Waals surface area contributed by atoms with Gasteiger partial charge in [0.25, 0.3) is 5.91 Å². The van der Waals surface area contributed by atoms with E-state index in [2.05, 4.69) is 10.3 Å². The highest BCUT2D eigenvalue weighted by Crippen LogP contribution is 2.33. The van der Waals surface area contributed by atoms with E-state index in [0.29, 0.717) is 27.6 Å². The number of methoxy groups -OCH3 is 2. The number of ether oxygens (including phenoxy) is 3. The number of benzene rings is 4. The maximum absolute atomic E-state index is 12.9. The molecule has 0 spiro atoms. The van der Waals surface area contributed by atoms with E-state index < -0.39 is 18.5 Å². The second-order valence-electron chi connectivity index (χ2n) is 9.19. The first kappa shape index (κ1) is 26.9. The standard InChI is InChI=1S/C32H24N4O5S/c1-39-22-12-7-19(8-13-22)29-30(20-9-14-23(40-2)15-10-20)34-26-17-21(11-16-24(26)33-29)31(38)41-18-28(37)36-32-35-25-5-3-4-6-27(25)42-32/h3-17H,18H2,1-2H3,(H,35,36,37). The summed E-state index contributed by atoms with van der Waals surface area (Å²) >= 11 is 1.35. The molecule has 2 aromatic heterocycles. The Balaban J connectivity index is 1.26. The van der Waals surface area contributed by atoms with E-state index in [1.54, 1.807) is 32.4 Å². The number of esters is 1. The van der Waals surface area contributed by atoms with Gasteiger partial charge in [-0.15, -0.1) is 0 Å². The van der Waals surface area contributed by atoms with Gasteiger partial charge in [-0.05, 0) is 78.9 Å². The Morgan fingerprint density at radius 2 is 1.33 bits per heavy atom. The number of nitrogens with zero attached hydrogens (tertiary/aromatic N) is 3. The van der Waals surface area contributed by atoms with Crippen LogP contribution in [0.5, 0.6) is 11.5 Å². The molecule has 0 atom stereocenters. The van der Waals surface area contributed by atoms with Crippen molar-refractivity contribution in [2.24, 2.45) is 0 Å². The third kappa shape index (κ3) is 5.61. The second-order valence-corrected chi connectivity index (χ2v) is 10.2. The van der Waals surface area contributed by atoms with Gasteiger partial charge in [0.15, 0.2) is 11.7 Å². The summed E-state index contributed by atoms with van der Waals surface area (Å²) in [5.41, 5.74) is 5.15. The molecule has 0 fully saturated rings. The zero-order chi connectivity index (χ0) is 29.1. The molecule has 9 nitrogen and oxygen atoms in total. The van der Waals surface area contributed by atoms with Crippen LogP contribution in [-0.2, 0) is 9.53 Å². The topological polar surface area (TPSA) is 113 Å². The smallest absolute Gasteiger partial charge is 0.338 e. The van der Waals surface area contributed by atoms with E-state index in [-0.39, 0.29) is 5.56 Å². The SMILES string of the molecule is COc1ccc(-c2nc3ccc(C(=O)OCC(=O)Nc4nc5ccccc5s4)cc3nc2-c2ccc(OC)cc2)cc1. The van der Waals surface area contributed by atoms with Gasteiger partial charge in [-0.25, -0.2) is 19.7 Å². The van der Waals surface area contributed by atoms with Crippen molar-refractivity contribution < 1.29 is 23.8 Å². The average molecular weight is 577 g/mol. The maximum Gasteiger partial charge on any atom is 0.338 e. The van der Waals surface area contributed by atoms with Crippen molar-refractivity contribution in [1.29, 1.82) is 0 Å². The van der Waals surface area contributed by atoms with Crippen molar-refractivity contribution in [2.75, 3.05) is 26.1 Å². The lowest BCUT2D eigenvalue weighted by atomic mass is 10.0. The number of hydrogen-bond acceptors (Lipinski definition) is 9. The fourth-order valence-electron chi connectivity index (χ4n) is 4.38. The minimum atomic E-state index is -0.650. The van der Waals surface area contributed by atoms with Crippen LogP contribution in [0.2, 0.25) is 0 Å². The van der Waals surface area contributed by atoms with Gasteiger partial charge in [0.05, 0.1) is 52.4 Å². The van der Waals surface area contributed by atoms with Crippen molar-refractivity contribution in [3.8, 4) is 34.0 Å². The predicted molar refractivity (Wildman–Crippen MR) is 162 cm³/mol. The number of thiazole rings is 1. The number of para-hydroxylation sites is 1. The van der Waals surface area contributed by atoms with Crippen LogP contribution in [0.1, 0.15) is 10.4 Å². The molecule has 0 aliphatic carbocycles. The van der Waals surface area contributed by atoms with Crippen molar-refractivity contribution in [1.82, 2.24) is 15.0 Å². The molecule has 0 unspecified atom stereocenters.